The number of hydrogen-bond donors (Lipinski definition) is 0. The molecule has 5 aromatic rings. The number of rotatable bonds is 6. The SMILES string of the molecule is C=N/C=C\C(=C/C)c1ccc2cc3cc(-c4cc[n+](Cc5ccccc5)cc4)ccc3cc2c1. The van der Waals surface area contributed by atoms with E-state index in [1.807, 2.05) is 13.0 Å². The topological polar surface area (TPSA) is 16.2 Å². The molecule has 2 nitrogen and oxygen atoms in total. The lowest BCUT2D eigenvalue weighted by Crippen LogP contribution is -2.32. The Kier molecular flexibility index (Phi) is 6.13. The second-order valence-electron chi connectivity index (χ2n) is 8.46. The smallest absolute Gasteiger partial charge is 0.173 e. The lowest BCUT2D eigenvalue weighted by molar-refractivity contribution is -0.688. The standard InChI is InChI=1S/C32H27N2/c1-3-25(13-16-33-2)27-9-11-29-22-32-20-28(10-12-30(32)21-31(29)19-27)26-14-17-34(18-15-26)23-24-7-5-4-6-8-24/h3-22H,2,23H2,1H3/q+1/b16-13-,25-3+. The number of allylic oxidation sites excluding steroid dienone is 3. The Morgan fingerprint density at radius 1 is 0.765 bits per heavy atom. The Hall–Kier alpha value is -4.30. The molecule has 1 heterocycles. The van der Waals surface area contributed by atoms with Crippen molar-refractivity contribution in [1.29, 1.82) is 0 Å². The molecule has 0 amide bonds. The predicted octanol–water partition coefficient (Wildman–Crippen LogP) is 7.61. The van der Waals surface area contributed by atoms with Gasteiger partial charge >= 0.3 is 0 Å². The van der Waals surface area contributed by atoms with Gasteiger partial charge in [-0.3, -0.25) is 4.99 Å². The molecule has 164 valence electrons. The first-order valence-electron chi connectivity index (χ1n) is 11.5. The van der Waals surface area contributed by atoms with Crippen LogP contribution in [-0.2, 0) is 6.54 Å². The molecule has 0 aliphatic carbocycles. The van der Waals surface area contributed by atoms with E-state index >= 15 is 0 Å². The normalized spacial score (nSPS) is 12.0. The van der Waals surface area contributed by atoms with Crippen molar-refractivity contribution >= 4 is 33.8 Å². The summed E-state index contributed by atoms with van der Waals surface area (Å²) in [4.78, 5) is 3.84. The van der Waals surface area contributed by atoms with Crippen LogP contribution in [0, 0.1) is 0 Å². The summed E-state index contributed by atoms with van der Waals surface area (Å²) in [5.41, 5.74) is 6.07. The van der Waals surface area contributed by atoms with E-state index < -0.39 is 0 Å². The summed E-state index contributed by atoms with van der Waals surface area (Å²) in [6.45, 7) is 6.45. The zero-order valence-corrected chi connectivity index (χ0v) is 19.4. The van der Waals surface area contributed by atoms with E-state index in [0.717, 1.165) is 12.1 Å². The van der Waals surface area contributed by atoms with Crippen LogP contribution in [0.1, 0.15) is 18.1 Å². The lowest BCUT2D eigenvalue weighted by Gasteiger charge is -2.08. The summed E-state index contributed by atoms with van der Waals surface area (Å²) >= 11 is 0. The van der Waals surface area contributed by atoms with E-state index in [9.17, 15) is 0 Å². The molecule has 34 heavy (non-hydrogen) atoms. The maximum Gasteiger partial charge on any atom is 0.173 e. The molecule has 1 aromatic heterocycles. The molecule has 0 unspecified atom stereocenters. The second kappa shape index (κ2) is 9.68. The average Bonchev–Trinajstić information content (AvgIpc) is 2.88. The third kappa shape index (κ3) is 4.57. The van der Waals surface area contributed by atoms with Crippen molar-refractivity contribution < 1.29 is 4.57 Å². The maximum atomic E-state index is 3.84. The van der Waals surface area contributed by atoms with Crippen LogP contribution in [0.15, 0.2) is 127 Å². The number of hydrogen-bond acceptors (Lipinski definition) is 1. The molecule has 0 spiro atoms. The maximum absolute atomic E-state index is 3.84. The van der Waals surface area contributed by atoms with Crippen LogP contribution in [-0.4, -0.2) is 6.72 Å². The van der Waals surface area contributed by atoms with Crippen LogP contribution in [0.3, 0.4) is 0 Å². The van der Waals surface area contributed by atoms with Crippen molar-refractivity contribution in [3.63, 3.8) is 0 Å². The molecular weight excluding hydrogens is 412 g/mol. The van der Waals surface area contributed by atoms with Crippen LogP contribution in [0.4, 0.5) is 0 Å². The van der Waals surface area contributed by atoms with Crippen LogP contribution in [0.2, 0.25) is 0 Å². The second-order valence-corrected chi connectivity index (χ2v) is 8.46. The summed E-state index contributed by atoms with van der Waals surface area (Å²) in [6.07, 6.45) is 10.1. The first kappa shape index (κ1) is 21.5. The van der Waals surface area contributed by atoms with Crippen molar-refractivity contribution in [2.75, 3.05) is 0 Å². The Balaban J connectivity index is 1.45. The van der Waals surface area contributed by atoms with Gasteiger partial charge in [0, 0.05) is 23.9 Å². The van der Waals surface area contributed by atoms with Crippen LogP contribution < -0.4 is 4.57 Å². The van der Waals surface area contributed by atoms with Gasteiger partial charge in [-0.1, -0.05) is 60.7 Å². The van der Waals surface area contributed by atoms with Crippen molar-refractivity contribution in [2.24, 2.45) is 4.99 Å². The summed E-state index contributed by atoms with van der Waals surface area (Å²) in [5, 5.41) is 4.97. The van der Waals surface area contributed by atoms with Gasteiger partial charge in [-0.05, 0) is 87.8 Å². The molecule has 0 aliphatic rings. The Labute approximate surface area is 200 Å². The number of aliphatic imine (C=N–C) groups is 1. The summed E-state index contributed by atoms with van der Waals surface area (Å²) in [7, 11) is 0. The highest BCUT2D eigenvalue weighted by Gasteiger charge is 2.07. The minimum atomic E-state index is 0.877. The van der Waals surface area contributed by atoms with E-state index in [2.05, 4.69) is 126 Å². The minimum absolute atomic E-state index is 0.877. The van der Waals surface area contributed by atoms with Gasteiger partial charge in [0.15, 0.2) is 18.9 Å². The molecule has 0 saturated carbocycles. The zero-order valence-electron chi connectivity index (χ0n) is 19.4. The minimum Gasteiger partial charge on any atom is -0.272 e. The zero-order chi connectivity index (χ0) is 23.3. The lowest BCUT2D eigenvalue weighted by atomic mass is 9.96. The van der Waals surface area contributed by atoms with Crippen LogP contribution >= 0.6 is 0 Å². The van der Waals surface area contributed by atoms with Crippen LogP contribution in [0.25, 0.3) is 38.2 Å². The van der Waals surface area contributed by atoms with Gasteiger partial charge in [-0.2, -0.15) is 0 Å². The van der Waals surface area contributed by atoms with Crippen molar-refractivity contribution in [3.05, 3.63) is 133 Å². The molecule has 0 saturated heterocycles. The third-order valence-electron chi connectivity index (χ3n) is 6.23. The van der Waals surface area contributed by atoms with Gasteiger partial charge in [0.25, 0.3) is 0 Å². The van der Waals surface area contributed by atoms with Gasteiger partial charge in [0.2, 0.25) is 0 Å². The highest BCUT2D eigenvalue weighted by molar-refractivity contribution is 6.00. The highest BCUT2D eigenvalue weighted by atomic mass is 14.9. The van der Waals surface area contributed by atoms with Crippen molar-refractivity contribution in [3.8, 4) is 11.1 Å². The third-order valence-corrected chi connectivity index (χ3v) is 6.23. The molecule has 0 N–H and O–H groups in total. The molecule has 0 bridgehead atoms. The van der Waals surface area contributed by atoms with Gasteiger partial charge in [-0.25, -0.2) is 4.57 Å². The van der Waals surface area contributed by atoms with Gasteiger partial charge in [0.1, 0.15) is 0 Å². The Bertz CT molecular complexity index is 1530. The van der Waals surface area contributed by atoms with Crippen molar-refractivity contribution in [2.45, 2.75) is 13.5 Å². The molecule has 2 heteroatoms. The largest absolute Gasteiger partial charge is 0.272 e. The van der Waals surface area contributed by atoms with E-state index in [0.29, 0.717) is 0 Å². The van der Waals surface area contributed by atoms with E-state index in [1.165, 1.54) is 43.8 Å². The Morgan fingerprint density at radius 3 is 2.18 bits per heavy atom. The number of benzene rings is 4. The number of pyridine rings is 1. The van der Waals surface area contributed by atoms with Gasteiger partial charge in [-0.15, -0.1) is 0 Å². The fraction of sp³-hybridized carbons (Fsp3) is 0.0625. The molecule has 4 aromatic carbocycles. The fourth-order valence-corrected chi connectivity index (χ4v) is 4.40. The monoisotopic (exact) mass is 439 g/mol. The summed E-state index contributed by atoms with van der Waals surface area (Å²) < 4.78 is 2.21. The summed E-state index contributed by atoms with van der Waals surface area (Å²) in [5.74, 6) is 0. The first-order valence-corrected chi connectivity index (χ1v) is 11.5. The molecule has 0 fully saturated rings. The molecular formula is C32H27N2+. The number of aromatic nitrogens is 1. The average molecular weight is 440 g/mol. The number of nitrogens with zero attached hydrogens (tertiary/aromatic N) is 2. The van der Waals surface area contributed by atoms with Crippen molar-refractivity contribution in [1.82, 2.24) is 0 Å². The van der Waals surface area contributed by atoms with E-state index in [1.54, 1.807) is 6.20 Å². The number of fused-ring (bicyclic) bond motifs is 2. The predicted molar refractivity (Wildman–Crippen MR) is 145 cm³/mol. The Morgan fingerprint density at radius 2 is 1.47 bits per heavy atom. The molecule has 5 rings (SSSR count). The van der Waals surface area contributed by atoms with E-state index in [4.69, 9.17) is 0 Å². The fourth-order valence-electron chi connectivity index (χ4n) is 4.40. The van der Waals surface area contributed by atoms with Crippen LogP contribution in [0.5, 0.6) is 0 Å². The molecule has 0 radical (unpaired) electrons. The van der Waals surface area contributed by atoms with Gasteiger partial charge in [0.05, 0.1) is 0 Å². The summed E-state index contributed by atoms with van der Waals surface area (Å²) in [6, 6.07) is 32.8. The molecule has 0 atom stereocenters. The molecule has 0 aliphatic heterocycles. The van der Waals surface area contributed by atoms with E-state index in [-0.39, 0.29) is 0 Å². The first-order chi connectivity index (χ1) is 16.7. The highest BCUT2D eigenvalue weighted by Crippen LogP contribution is 2.29. The quantitative estimate of drug-likeness (QED) is 0.112. The van der Waals surface area contributed by atoms with Gasteiger partial charge < -0.3 is 0 Å².